The maximum atomic E-state index is 14.2. The highest BCUT2D eigenvalue weighted by Crippen LogP contribution is 2.33. The fourth-order valence-electron chi connectivity index (χ4n) is 4.18. The van der Waals surface area contributed by atoms with Crippen LogP contribution < -0.4 is 5.32 Å². The molecule has 27 heavy (non-hydrogen) atoms. The molecule has 1 N–H and O–H groups in total. The van der Waals surface area contributed by atoms with E-state index < -0.39 is 17.8 Å². The van der Waals surface area contributed by atoms with E-state index in [1.807, 2.05) is 0 Å². The minimum atomic E-state index is -0.615. The molecular weight excluding hydrogens is 365 g/mol. The normalized spacial score (nSPS) is 18.4. The average molecular weight is 387 g/mol. The van der Waals surface area contributed by atoms with Crippen LogP contribution in [-0.2, 0) is 11.3 Å². The van der Waals surface area contributed by atoms with Crippen molar-refractivity contribution in [3.63, 3.8) is 0 Å². The summed E-state index contributed by atoms with van der Waals surface area (Å²) >= 11 is 1.34. The Balaban J connectivity index is 1.58. The van der Waals surface area contributed by atoms with Crippen molar-refractivity contribution in [1.82, 2.24) is 9.88 Å². The number of halogens is 1. The van der Waals surface area contributed by atoms with Crippen LogP contribution in [0, 0.1) is 11.7 Å². The van der Waals surface area contributed by atoms with Crippen LogP contribution in [0.2, 0.25) is 0 Å². The molecule has 0 saturated heterocycles. The Bertz CT molecular complexity index is 834. The summed E-state index contributed by atoms with van der Waals surface area (Å²) in [4.78, 5) is 31.6. The summed E-state index contributed by atoms with van der Waals surface area (Å²) in [6.45, 7) is 0.272. The van der Waals surface area contributed by atoms with Crippen LogP contribution in [0.25, 0.3) is 0 Å². The van der Waals surface area contributed by atoms with Crippen LogP contribution >= 0.6 is 11.3 Å². The van der Waals surface area contributed by atoms with Crippen LogP contribution in [0.1, 0.15) is 54.4 Å². The second kappa shape index (κ2) is 7.76. The number of benzene rings is 1. The molecule has 5 nitrogen and oxygen atoms in total. The van der Waals surface area contributed by atoms with Crippen molar-refractivity contribution in [1.29, 1.82) is 0 Å². The van der Waals surface area contributed by atoms with Gasteiger partial charge < -0.3 is 10.2 Å². The number of carbonyl (C=O) groups is 2. The number of rotatable bonds is 5. The molecule has 2 aromatic rings. The summed E-state index contributed by atoms with van der Waals surface area (Å²) in [6.07, 6.45) is 7.93. The van der Waals surface area contributed by atoms with E-state index in [4.69, 9.17) is 0 Å². The van der Waals surface area contributed by atoms with Gasteiger partial charge in [-0.2, -0.15) is 0 Å². The SMILES string of the molecule is O=C(Nc1nccs1)C(CC1CCCCC1)N1Cc2cccc(F)c2C1=O. The van der Waals surface area contributed by atoms with Gasteiger partial charge in [0.05, 0.1) is 5.56 Å². The van der Waals surface area contributed by atoms with Crippen molar-refractivity contribution in [2.45, 2.75) is 51.1 Å². The zero-order valence-corrected chi connectivity index (χ0v) is 15.8. The van der Waals surface area contributed by atoms with Gasteiger partial charge >= 0.3 is 0 Å². The highest BCUT2D eigenvalue weighted by atomic mass is 32.1. The van der Waals surface area contributed by atoms with Gasteiger partial charge in [-0.1, -0.05) is 44.2 Å². The van der Waals surface area contributed by atoms with Gasteiger partial charge in [-0.05, 0) is 24.0 Å². The molecule has 1 aliphatic heterocycles. The molecule has 0 radical (unpaired) electrons. The quantitative estimate of drug-likeness (QED) is 0.836. The summed E-state index contributed by atoms with van der Waals surface area (Å²) in [7, 11) is 0. The van der Waals surface area contributed by atoms with E-state index in [-0.39, 0.29) is 18.0 Å². The first-order valence-electron chi connectivity index (χ1n) is 9.42. The van der Waals surface area contributed by atoms with E-state index in [1.165, 1.54) is 28.7 Å². The highest BCUT2D eigenvalue weighted by Gasteiger charge is 2.39. The number of thiazole rings is 1. The number of nitrogens with one attached hydrogen (secondary N) is 1. The molecule has 2 aliphatic rings. The fraction of sp³-hybridized carbons (Fsp3) is 0.450. The number of hydrogen-bond acceptors (Lipinski definition) is 4. The van der Waals surface area contributed by atoms with E-state index in [2.05, 4.69) is 10.3 Å². The standard InChI is InChI=1S/C20H22FN3O2S/c21-15-8-4-7-14-12-24(19(26)17(14)15)16(11-13-5-2-1-3-6-13)18(25)23-20-22-9-10-27-20/h4,7-10,13,16H,1-3,5-6,11-12H2,(H,22,23,25). The smallest absolute Gasteiger partial charge is 0.258 e. The van der Waals surface area contributed by atoms with Gasteiger partial charge in [-0.3, -0.25) is 9.59 Å². The van der Waals surface area contributed by atoms with Crippen molar-refractivity contribution in [3.8, 4) is 0 Å². The number of hydrogen-bond donors (Lipinski definition) is 1. The molecule has 4 rings (SSSR count). The Labute approximate surface area is 161 Å². The van der Waals surface area contributed by atoms with Gasteiger partial charge in [-0.15, -0.1) is 11.3 Å². The third-order valence-electron chi connectivity index (χ3n) is 5.54. The number of aromatic nitrogens is 1. The third kappa shape index (κ3) is 3.74. The topological polar surface area (TPSA) is 62.3 Å². The monoisotopic (exact) mass is 387 g/mol. The zero-order valence-electron chi connectivity index (χ0n) is 15.0. The largest absolute Gasteiger partial charge is 0.322 e. The number of nitrogens with zero attached hydrogens (tertiary/aromatic N) is 2. The second-order valence-electron chi connectivity index (χ2n) is 7.29. The maximum Gasteiger partial charge on any atom is 0.258 e. The molecule has 7 heteroatoms. The maximum absolute atomic E-state index is 14.2. The Morgan fingerprint density at radius 3 is 2.85 bits per heavy atom. The Hall–Kier alpha value is -2.28. The minimum absolute atomic E-state index is 0.105. The zero-order chi connectivity index (χ0) is 18.8. The molecular formula is C20H22FN3O2S. The summed E-state index contributed by atoms with van der Waals surface area (Å²) in [6, 6.07) is 4.05. The van der Waals surface area contributed by atoms with Gasteiger partial charge in [0.2, 0.25) is 5.91 Å². The van der Waals surface area contributed by atoms with E-state index in [0.29, 0.717) is 23.0 Å². The first-order valence-corrected chi connectivity index (χ1v) is 10.3. The van der Waals surface area contributed by atoms with Crippen molar-refractivity contribution in [2.24, 2.45) is 5.92 Å². The number of amides is 2. The van der Waals surface area contributed by atoms with E-state index >= 15 is 0 Å². The molecule has 2 amide bonds. The Morgan fingerprint density at radius 1 is 1.33 bits per heavy atom. The summed E-state index contributed by atoms with van der Waals surface area (Å²) in [5.74, 6) is -0.737. The Kier molecular flexibility index (Phi) is 5.20. The van der Waals surface area contributed by atoms with E-state index in [9.17, 15) is 14.0 Å². The van der Waals surface area contributed by atoms with Crippen molar-refractivity contribution < 1.29 is 14.0 Å². The summed E-state index contributed by atoms with van der Waals surface area (Å²) in [5.41, 5.74) is 0.754. The van der Waals surface area contributed by atoms with Crippen molar-refractivity contribution >= 4 is 28.3 Å². The third-order valence-corrected chi connectivity index (χ3v) is 6.23. The molecule has 1 atom stereocenters. The van der Waals surface area contributed by atoms with Crippen LogP contribution in [-0.4, -0.2) is 27.7 Å². The molecule has 2 heterocycles. The number of anilines is 1. The molecule has 1 fully saturated rings. The minimum Gasteiger partial charge on any atom is -0.322 e. The van der Waals surface area contributed by atoms with Crippen LogP contribution in [0.3, 0.4) is 0 Å². The first kappa shape index (κ1) is 18.1. The lowest BCUT2D eigenvalue weighted by atomic mass is 9.84. The van der Waals surface area contributed by atoms with Gasteiger partial charge in [0.1, 0.15) is 11.9 Å². The molecule has 1 saturated carbocycles. The summed E-state index contributed by atoms with van der Waals surface area (Å²) in [5, 5.41) is 5.14. The molecule has 0 spiro atoms. The molecule has 1 aromatic carbocycles. The Morgan fingerprint density at radius 2 is 2.15 bits per heavy atom. The van der Waals surface area contributed by atoms with Crippen LogP contribution in [0.15, 0.2) is 29.8 Å². The van der Waals surface area contributed by atoms with Crippen LogP contribution in [0.5, 0.6) is 0 Å². The average Bonchev–Trinajstić information content (AvgIpc) is 3.29. The van der Waals surface area contributed by atoms with Crippen molar-refractivity contribution in [3.05, 3.63) is 46.7 Å². The molecule has 0 bridgehead atoms. The number of carbonyl (C=O) groups excluding carboxylic acids is 2. The molecule has 1 unspecified atom stereocenters. The molecule has 142 valence electrons. The predicted molar refractivity (Wildman–Crippen MR) is 102 cm³/mol. The highest BCUT2D eigenvalue weighted by molar-refractivity contribution is 7.13. The first-order chi connectivity index (χ1) is 13.1. The van der Waals surface area contributed by atoms with Gasteiger partial charge in [0.15, 0.2) is 5.13 Å². The predicted octanol–water partition coefficient (Wildman–Crippen LogP) is 4.22. The van der Waals surface area contributed by atoms with Gasteiger partial charge in [0, 0.05) is 18.1 Å². The van der Waals surface area contributed by atoms with Crippen molar-refractivity contribution in [2.75, 3.05) is 5.32 Å². The van der Waals surface area contributed by atoms with Gasteiger partial charge in [-0.25, -0.2) is 9.37 Å². The number of fused-ring (bicyclic) bond motifs is 1. The van der Waals surface area contributed by atoms with Gasteiger partial charge in [0.25, 0.3) is 5.91 Å². The van der Waals surface area contributed by atoms with E-state index in [0.717, 1.165) is 25.7 Å². The lowest BCUT2D eigenvalue weighted by Gasteiger charge is -2.31. The molecule has 1 aromatic heterocycles. The van der Waals surface area contributed by atoms with E-state index in [1.54, 1.807) is 23.7 Å². The lowest BCUT2D eigenvalue weighted by molar-refractivity contribution is -0.121. The second-order valence-corrected chi connectivity index (χ2v) is 8.18. The van der Waals surface area contributed by atoms with Crippen LogP contribution in [0.4, 0.5) is 9.52 Å². The lowest BCUT2D eigenvalue weighted by Crippen LogP contribution is -2.45. The summed E-state index contributed by atoms with van der Waals surface area (Å²) < 4.78 is 14.2. The molecule has 1 aliphatic carbocycles. The fourth-order valence-corrected chi connectivity index (χ4v) is 4.71.